The third-order valence-electron chi connectivity index (χ3n) is 2.70. The number of ether oxygens (including phenoxy) is 1. The van der Waals surface area contributed by atoms with Gasteiger partial charge in [-0.25, -0.2) is 8.42 Å². The molecule has 1 aromatic carbocycles. The Morgan fingerprint density at radius 2 is 2.11 bits per heavy atom. The molecule has 0 spiro atoms. The molecule has 4 nitrogen and oxygen atoms in total. The molecule has 0 aliphatic heterocycles. The lowest BCUT2D eigenvalue weighted by molar-refractivity contribution is 0.408. The van der Waals surface area contributed by atoms with Gasteiger partial charge >= 0.3 is 0 Å². The summed E-state index contributed by atoms with van der Waals surface area (Å²) in [6.45, 7) is 1.83. The zero-order valence-corrected chi connectivity index (χ0v) is 11.6. The highest BCUT2D eigenvalue weighted by Gasteiger charge is 2.13. The van der Waals surface area contributed by atoms with Crippen molar-refractivity contribution in [2.24, 2.45) is 0 Å². The fraction of sp³-hybridized carbons (Fsp3) is 0.333. The molecule has 0 radical (unpaired) electrons. The van der Waals surface area contributed by atoms with Gasteiger partial charge in [0.1, 0.15) is 5.76 Å². The molecule has 0 saturated carbocycles. The van der Waals surface area contributed by atoms with E-state index in [2.05, 4.69) is 0 Å². The van der Waals surface area contributed by atoms with Crippen LogP contribution in [0.5, 0.6) is 5.75 Å². The molecule has 0 aliphatic rings. The van der Waals surface area contributed by atoms with Crippen molar-refractivity contribution in [3.8, 4) is 5.75 Å². The number of hydrogen-bond donors (Lipinski definition) is 0. The third-order valence-corrected chi connectivity index (χ3v) is 3.85. The predicted octanol–water partition coefficient (Wildman–Crippen LogP) is 2.86. The van der Waals surface area contributed by atoms with Crippen LogP contribution in [0.4, 0.5) is 0 Å². The molecule has 6 heteroatoms. The average Bonchev–Trinajstić information content (AvgIpc) is 2.66. The maximum atomic E-state index is 11.0. The molecule has 2 rings (SSSR count). The highest BCUT2D eigenvalue weighted by atomic mass is 35.7. The van der Waals surface area contributed by atoms with E-state index in [1.54, 1.807) is 13.2 Å². The Hall–Kier alpha value is -1.20. The molecule has 0 saturated heterocycles. The second kappa shape index (κ2) is 4.82. The Bertz CT molecular complexity index is 673. The number of methoxy groups -OCH3 is 1. The number of hydrogen-bond acceptors (Lipinski definition) is 4. The van der Waals surface area contributed by atoms with Crippen molar-refractivity contribution < 1.29 is 17.6 Å². The zero-order chi connectivity index (χ0) is 13.3. The minimum atomic E-state index is -3.49. The predicted molar refractivity (Wildman–Crippen MR) is 70.8 cm³/mol. The van der Waals surface area contributed by atoms with E-state index in [-0.39, 0.29) is 5.75 Å². The summed E-state index contributed by atoms with van der Waals surface area (Å²) in [5, 5.41) is 0.868. The SMILES string of the molecule is COc1ccc(CCS(=O)(=O)Cl)c2cc(C)oc12. The van der Waals surface area contributed by atoms with E-state index in [1.807, 2.05) is 19.1 Å². The summed E-state index contributed by atoms with van der Waals surface area (Å²) in [6.07, 6.45) is 0.352. The summed E-state index contributed by atoms with van der Waals surface area (Å²) in [6, 6.07) is 5.47. The number of rotatable bonds is 4. The molecule has 0 atom stereocenters. The van der Waals surface area contributed by atoms with Crippen molar-refractivity contribution in [1.29, 1.82) is 0 Å². The molecule has 0 bridgehead atoms. The van der Waals surface area contributed by atoms with Crippen LogP contribution < -0.4 is 4.74 Å². The Balaban J connectivity index is 2.46. The van der Waals surface area contributed by atoms with Gasteiger partial charge in [0.05, 0.1) is 12.9 Å². The fourth-order valence-corrected chi connectivity index (χ4v) is 2.58. The summed E-state index contributed by atoms with van der Waals surface area (Å²) < 4.78 is 32.7. The summed E-state index contributed by atoms with van der Waals surface area (Å²) in [5.74, 6) is 1.29. The number of furan rings is 1. The Labute approximate surface area is 110 Å². The van der Waals surface area contributed by atoms with Gasteiger partial charge in [-0.3, -0.25) is 0 Å². The van der Waals surface area contributed by atoms with Gasteiger partial charge in [-0.05, 0) is 31.0 Å². The highest BCUT2D eigenvalue weighted by molar-refractivity contribution is 8.13. The van der Waals surface area contributed by atoms with Gasteiger partial charge in [-0.1, -0.05) is 6.07 Å². The molecule has 18 heavy (non-hydrogen) atoms. The van der Waals surface area contributed by atoms with Crippen LogP contribution >= 0.6 is 10.7 Å². The van der Waals surface area contributed by atoms with Crippen LogP contribution in [0.2, 0.25) is 0 Å². The first kappa shape index (κ1) is 13.2. The Morgan fingerprint density at radius 3 is 2.72 bits per heavy atom. The highest BCUT2D eigenvalue weighted by Crippen LogP contribution is 2.31. The second-order valence-electron chi connectivity index (χ2n) is 4.02. The number of aryl methyl sites for hydroxylation is 2. The van der Waals surface area contributed by atoms with E-state index in [4.69, 9.17) is 19.8 Å². The molecular formula is C12H13ClO4S. The molecule has 1 aromatic heterocycles. The first-order valence-electron chi connectivity index (χ1n) is 5.39. The van der Waals surface area contributed by atoms with Crippen molar-refractivity contribution in [2.45, 2.75) is 13.3 Å². The van der Waals surface area contributed by atoms with Crippen molar-refractivity contribution >= 4 is 30.7 Å². The van der Waals surface area contributed by atoms with Crippen LogP contribution in [0, 0.1) is 6.92 Å². The second-order valence-corrected chi connectivity index (χ2v) is 6.92. The Morgan fingerprint density at radius 1 is 1.39 bits per heavy atom. The third kappa shape index (κ3) is 2.79. The largest absolute Gasteiger partial charge is 0.493 e. The first-order chi connectivity index (χ1) is 8.40. The van der Waals surface area contributed by atoms with Gasteiger partial charge in [-0.2, -0.15) is 0 Å². The summed E-state index contributed by atoms with van der Waals surface area (Å²) in [4.78, 5) is 0. The molecule has 98 valence electrons. The quantitative estimate of drug-likeness (QED) is 0.812. The normalized spacial score (nSPS) is 11.9. The smallest absolute Gasteiger partial charge is 0.232 e. The molecule has 1 heterocycles. The number of halogens is 1. The van der Waals surface area contributed by atoms with E-state index < -0.39 is 9.05 Å². The molecule has 0 fully saturated rings. The molecular weight excluding hydrogens is 276 g/mol. The van der Waals surface area contributed by atoms with Crippen LogP contribution in [-0.4, -0.2) is 21.3 Å². The Kier molecular flexibility index (Phi) is 3.54. The topological polar surface area (TPSA) is 56.5 Å². The van der Waals surface area contributed by atoms with Gasteiger partial charge in [0.25, 0.3) is 0 Å². The molecule has 0 unspecified atom stereocenters. The van der Waals surface area contributed by atoms with Crippen molar-refractivity contribution in [3.05, 3.63) is 29.5 Å². The van der Waals surface area contributed by atoms with Crippen LogP contribution in [-0.2, 0) is 15.5 Å². The minimum Gasteiger partial charge on any atom is -0.493 e. The monoisotopic (exact) mass is 288 g/mol. The van der Waals surface area contributed by atoms with Crippen molar-refractivity contribution in [2.75, 3.05) is 12.9 Å². The van der Waals surface area contributed by atoms with E-state index in [9.17, 15) is 8.42 Å². The van der Waals surface area contributed by atoms with Gasteiger partial charge in [0.15, 0.2) is 11.3 Å². The summed E-state index contributed by atoms with van der Waals surface area (Å²) in [5.41, 5.74) is 1.52. The van der Waals surface area contributed by atoms with Gasteiger partial charge in [-0.15, -0.1) is 0 Å². The lowest BCUT2D eigenvalue weighted by atomic mass is 10.1. The van der Waals surface area contributed by atoms with E-state index in [1.165, 1.54) is 0 Å². The maximum absolute atomic E-state index is 11.0. The van der Waals surface area contributed by atoms with E-state index >= 15 is 0 Å². The van der Waals surface area contributed by atoms with E-state index in [0.717, 1.165) is 16.7 Å². The standard InChI is InChI=1S/C12H13ClO4S/c1-8-7-10-9(5-6-18(13,14)15)3-4-11(16-2)12(10)17-8/h3-4,7H,5-6H2,1-2H3. The average molecular weight is 289 g/mol. The lowest BCUT2D eigenvalue weighted by Crippen LogP contribution is -2.01. The lowest BCUT2D eigenvalue weighted by Gasteiger charge is -2.05. The van der Waals surface area contributed by atoms with Gasteiger partial charge in [0.2, 0.25) is 9.05 Å². The minimum absolute atomic E-state index is 0.0970. The molecule has 0 amide bonds. The van der Waals surface area contributed by atoms with Crippen LogP contribution in [0.1, 0.15) is 11.3 Å². The van der Waals surface area contributed by atoms with Crippen LogP contribution in [0.3, 0.4) is 0 Å². The van der Waals surface area contributed by atoms with Gasteiger partial charge in [0, 0.05) is 16.1 Å². The molecule has 0 N–H and O–H groups in total. The molecule has 2 aromatic rings. The summed E-state index contributed by atoms with van der Waals surface area (Å²) >= 11 is 0. The summed E-state index contributed by atoms with van der Waals surface area (Å²) in [7, 11) is 3.30. The molecule has 0 aliphatic carbocycles. The first-order valence-corrected chi connectivity index (χ1v) is 7.87. The fourth-order valence-electron chi connectivity index (χ4n) is 1.89. The van der Waals surface area contributed by atoms with Crippen LogP contribution in [0.15, 0.2) is 22.6 Å². The number of benzene rings is 1. The maximum Gasteiger partial charge on any atom is 0.232 e. The number of fused-ring (bicyclic) bond motifs is 1. The van der Waals surface area contributed by atoms with E-state index in [0.29, 0.717) is 17.8 Å². The van der Waals surface area contributed by atoms with Crippen molar-refractivity contribution in [3.63, 3.8) is 0 Å². The van der Waals surface area contributed by atoms with Crippen molar-refractivity contribution in [1.82, 2.24) is 0 Å². The van der Waals surface area contributed by atoms with Gasteiger partial charge < -0.3 is 9.15 Å². The van der Waals surface area contributed by atoms with Crippen LogP contribution in [0.25, 0.3) is 11.0 Å². The zero-order valence-electron chi connectivity index (χ0n) is 10.1.